The molecule has 0 aliphatic carbocycles. The molecule has 1 unspecified atom stereocenters. The van der Waals surface area contributed by atoms with E-state index in [2.05, 4.69) is 5.32 Å². The molecule has 0 aromatic heterocycles. The molecule has 1 aromatic carbocycles. The number of amides is 4. The van der Waals surface area contributed by atoms with Crippen LogP contribution in [0.5, 0.6) is 0 Å². The number of urea groups is 1. The third-order valence-corrected chi connectivity index (χ3v) is 5.18. The minimum atomic E-state index is -1.01. The van der Waals surface area contributed by atoms with Crippen molar-refractivity contribution >= 4 is 23.8 Å². The Labute approximate surface area is 157 Å². The molecule has 1 fully saturated rings. The summed E-state index contributed by atoms with van der Waals surface area (Å²) >= 11 is 0. The first-order chi connectivity index (χ1) is 12.8. The van der Waals surface area contributed by atoms with Crippen LogP contribution < -0.4 is 5.32 Å². The van der Waals surface area contributed by atoms with E-state index < -0.39 is 36.6 Å². The second-order valence-electron chi connectivity index (χ2n) is 7.00. The Morgan fingerprint density at radius 3 is 2.59 bits per heavy atom. The Balaban J connectivity index is 1.50. The molecule has 1 N–H and O–H groups in total. The second kappa shape index (κ2) is 7.38. The van der Waals surface area contributed by atoms with Gasteiger partial charge in [0.1, 0.15) is 12.1 Å². The zero-order valence-electron chi connectivity index (χ0n) is 15.5. The summed E-state index contributed by atoms with van der Waals surface area (Å²) in [6.07, 6.45) is 1.17. The summed E-state index contributed by atoms with van der Waals surface area (Å²) in [6.45, 7) is 3.52. The number of carbonyl (C=O) groups excluding carboxylic acids is 4. The third-order valence-electron chi connectivity index (χ3n) is 5.18. The van der Waals surface area contributed by atoms with Gasteiger partial charge in [-0.05, 0) is 30.9 Å². The lowest BCUT2D eigenvalue weighted by molar-refractivity contribution is -0.154. The molecular formula is C19H23N3O5. The monoisotopic (exact) mass is 373 g/mol. The first-order valence-corrected chi connectivity index (χ1v) is 8.98. The molecule has 3 rings (SSSR count). The van der Waals surface area contributed by atoms with Crippen LogP contribution in [0.2, 0.25) is 0 Å². The van der Waals surface area contributed by atoms with Crippen LogP contribution in [0.25, 0.3) is 0 Å². The average molecular weight is 373 g/mol. The molecule has 0 bridgehead atoms. The van der Waals surface area contributed by atoms with Crippen molar-refractivity contribution in [3.63, 3.8) is 0 Å². The number of hydrogen-bond donors (Lipinski definition) is 1. The van der Waals surface area contributed by atoms with Gasteiger partial charge >= 0.3 is 12.0 Å². The van der Waals surface area contributed by atoms with Crippen LogP contribution in [0.3, 0.4) is 0 Å². The molecule has 8 nitrogen and oxygen atoms in total. The lowest BCUT2D eigenvalue weighted by atomic mass is 9.99. The van der Waals surface area contributed by atoms with Gasteiger partial charge in [-0.25, -0.2) is 4.79 Å². The SMILES string of the molecule is CCC1(C)NC(=O)N(CC(=O)OCC(=O)N2CCc3ccccc3C2)C1=O. The third kappa shape index (κ3) is 3.79. The molecule has 2 aliphatic rings. The molecule has 1 atom stereocenters. The number of carbonyl (C=O) groups is 4. The predicted octanol–water partition coefficient (Wildman–Crippen LogP) is 0.835. The van der Waals surface area contributed by atoms with E-state index >= 15 is 0 Å². The van der Waals surface area contributed by atoms with Crippen molar-refractivity contribution in [3.8, 4) is 0 Å². The molecule has 0 radical (unpaired) electrons. The summed E-state index contributed by atoms with van der Waals surface area (Å²) in [7, 11) is 0. The number of nitrogens with zero attached hydrogens (tertiary/aromatic N) is 2. The summed E-state index contributed by atoms with van der Waals surface area (Å²) in [6, 6.07) is 7.29. The molecule has 2 heterocycles. The van der Waals surface area contributed by atoms with Gasteiger partial charge in [0, 0.05) is 13.1 Å². The quantitative estimate of drug-likeness (QED) is 0.609. The Hall–Kier alpha value is -2.90. The Morgan fingerprint density at radius 1 is 1.22 bits per heavy atom. The van der Waals surface area contributed by atoms with Gasteiger partial charge in [0.05, 0.1) is 0 Å². The fourth-order valence-electron chi connectivity index (χ4n) is 3.25. The number of rotatable bonds is 5. The number of nitrogens with one attached hydrogen (secondary N) is 1. The maximum Gasteiger partial charge on any atom is 0.326 e. The maximum atomic E-state index is 12.3. The number of imide groups is 1. The highest BCUT2D eigenvalue weighted by atomic mass is 16.5. The highest BCUT2D eigenvalue weighted by Gasteiger charge is 2.47. The molecule has 0 saturated carbocycles. The molecule has 27 heavy (non-hydrogen) atoms. The van der Waals surface area contributed by atoms with E-state index in [4.69, 9.17) is 4.74 Å². The standard InChI is InChI=1S/C19H23N3O5/c1-3-19(2)17(25)22(18(26)20-19)11-16(24)27-12-15(23)21-9-8-13-6-4-5-7-14(13)10-21/h4-7H,3,8-12H2,1-2H3,(H,20,26). The van der Waals surface area contributed by atoms with Gasteiger partial charge in [-0.3, -0.25) is 19.3 Å². The van der Waals surface area contributed by atoms with Gasteiger partial charge in [0.2, 0.25) is 0 Å². The van der Waals surface area contributed by atoms with Gasteiger partial charge in [-0.15, -0.1) is 0 Å². The van der Waals surface area contributed by atoms with E-state index in [-0.39, 0.29) is 5.91 Å². The first-order valence-electron chi connectivity index (χ1n) is 8.98. The number of fused-ring (bicyclic) bond motifs is 1. The van der Waals surface area contributed by atoms with Crippen LogP contribution in [-0.4, -0.2) is 58.8 Å². The van der Waals surface area contributed by atoms with Gasteiger partial charge in [-0.1, -0.05) is 31.2 Å². The van der Waals surface area contributed by atoms with Crippen molar-refractivity contribution in [2.75, 3.05) is 19.7 Å². The van der Waals surface area contributed by atoms with E-state index in [1.807, 2.05) is 24.3 Å². The second-order valence-corrected chi connectivity index (χ2v) is 7.00. The van der Waals surface area contributed by atoms with Crippen LogP contribution in [0.4, 0.5) is 4.79 Å². The number of hydrogen-bond acceptors (Lipinski definition) is 5. The van der Waals surface area contributed by atoms with Crippen LogP contribution in [0.1, 0.15) is 31.4 Å². The zero-order valence-corrected chi connectivity index (χ0v) is 15.5. The van der Waals surface area contributed by atoms with Crippen LogP contribution in [0, 0.1) is 0 Å². The van der Waals surface area contributed by atoms with Gasteiger partial charge in [0.25, 0.3) is 11.8 Å². The number of benzene rings is 1. The van der Waals surface area contributed by atoms with Crippen LogP contribution >= 0.6 is 0 Å². The summed E-state index contributed by atoms with van der Waals surface area (Å²) < 4.78 is 5.00. The van der Waals surface area contributed by atoms with E-state index in [0.717, 1.165) is 16.9 Å². The predicted molar refractivity (Wildman–Crippen MR) is 95.5 cm³/mol. The zero-order chi connectivity index (χ0) is 19.6. The van der Waals surface area contributed by atoms with Crippen molar-refractivity contribution in [2.24, 2.45) is 0 Å². The smallest absolute Gasteiger partial charge is 0.326 e. The van der Waals surface area contributed by atoms with Crippen molar-refractivity contribution in [1.29, 1.82) is 0 Å². The Morgan fingerprint density at radius 2 is 1.93 bits per heavy atom. The van der Waals surface area contributed by atoms with Crippen LogP contribution in [-0.2, 0) is 32.1 Å². The molecule has 144 valence electrons. The molecule has 4 amide bonds. The number of ether oxygens (including phenoxy) is 1. The van der Waals surface area contributed by atoms with E-state index in [1.165, 1.54) is 5.56 Å². The van der Waals surface area contributed by atoms with E-state index in [9.17, 15) is 19.2 Å². The topological polar surface area (TPSA) is 96.0 Å². The van der Waals surface area contributed by atoms with E-state index in [0.29, 0.717) is 19.5 Å². The lowest BCUT2D eigenvalue weighted by Crippen LogP contribution is -2.44. The van der Waals surface area contributed by atoms with Crippen molar-refractivity contribution in [1.82, 2.24) is 15.1 Å². The summed E-state index contributed by atoms with van der Waals surface area (Å²) in [5.41, 5.74) is 1.30. The molecular weight excluding hydrogens is 350 g/mol. The molecule has 0 spiro atoms. The number of esters is 1. The normalized spacial score (nSPS) is 21.7. The summed E-state index contributed by atoms with van der Waals surface area (Å²) in [5.74, 6) is -1.55. The Kier molecular flexibility index (Phi) is 5.16. The Bertz CT molecular complexity index is 793. The maximum absolute atomic E-state index is 12.3. The molecule has 2 aliphatic heterocycles. The highest BCUT2D eigenvalue weighted by Crippen LogP contribution is 2.21. The highest BCUT2D eigenvalue weighted by molar-refractivity contribution is 6.08. The molecule has 8 heteroatoms. The van der Waals surface area contributed by atoms with Gasteiger partial charge in [0.15, 0.2) is 6.61 Å². The minimum Gasteiger partial charge on any atom is -0.454 e. The first kappa shape index (κ1) is 18.9. The minimum absolute atomic E-state index is 0.298. The fraction of sp³-hybridized carbons (Fsp3) is 0.474. The van der Waals surface area contributed by atoms with Crippen molar-refractivity contribution < 1.29 is 23.9 Å². The van der Waals surface area contributed by atoms with Crippen molar-refractivity contribution in [3.05, 3.63) is 35.4 Å². The van der Waals surface area contributed by atoms with Gasteiger partial charge < -0.3 is 15.0 Å². The fourth-order valence-corrected chi connectivity index (χ4v) is 3.25. The average Bonchev–Trinajstić information content (AvgIpc) is 2.89. The molecule has 1 aromatic rings. The van der Waals surface area contributed by atoms with Crippen LogP contribution in [0.15, 0.2) is 24.3 Å². The summed E-state index contributed by atoms with van der Waals surface area (Å²) in [5, 5.41) is 2.57. The lowest BCUT2D eigenvalue weighted by Gasteiger charge is -2.28. The van der Waals surface area contributed by atoms with Crippen molar-refractivity contribution in [2.45, 2.75) is 38.8 Å². The summed E-state index contributed by atoms with van der Waals surface area (Å²) in [4.78, 5) is 51.0. The largest absolute Gasteiger partial charge is 0.454 e. The van der Waals surface area contributed by atoms with E-state index in [1.54, 1.807) is 18.7 Å². The molecule has 1 saturated heterocycles. The van der Waals surface area contributed by atoms with Gasteiger partial charge in [-0.2, -0.15) is 0 Å².